The molecule has 2 atom stereocenters. The van der Waals surface area contributed by atoms with Crippen molar-refractivity contribution >= 4 is 15.9 Å². The van der Waals surface area contributed by atoms with Crippen LogP contribution in [0.5, 0.6) is 0 Å². The fourth-order valence-electron chi connectivity index (χ4n) is 1.89. The Labute approximate surface area is 124 Å². The molecule has 0 fully saturated rings. The van der Waals surface area contributed by atoms with Crippen LogP contribution in [0.15, 0.2) is 28.7 Å². The van der Waals surface area contributed by atoms with E-state index in [0.29, 0.717) is 6.61 Å². The molecule has 0 amide bonds. The molecule has 0 spiro atoms. The first-order valence-electron chi connectivity index (χ1n) is 6.78. The van der Waals surface area contributed by atoms with Gasteiger partial charge in [-0.15, -0.1) is 0 Å². The maximum absolute atomic E-state index is 6.06. The predicted molar refractivity (Wildman–Crippen MR) is 82.5 cm³/mol. The third-order valence-electron chi connectivity index (χ3n) is 2.80. The summed E-state index contributed by atoms with van der Waals surface area (Å²) in [6, 6.07) is 8.29. The molecule has 0 saturated carbocycles. The Morgan fingerprint density at radius 2 is 1.95 bits per heavy atom. The van der Waals surface area contributed by atoms with Crippen LogP contribution in [0.4, 0.5) is 0 Å². The second kappa shape index (κ2) is 9.48. The van der Waals surface area contributed by atoms with Gasteiger partial charge in [-0.1, -0.05) is 35.0 Å². The molecule has 0 bridgehead atoms. The Balaban J connectivity index is 2.64. The standard InChI is InChI=1S/C15H24BrNO2/c1-4-9-17-10-15(19-12(2)11-18-3)13-5-7-14(16)8-6-13/h5-8,12,15,17H,4,9-11H2,1-3H3. The molecule has 108 valence electrons. The van der Waals surface area contributed by atoms with Gasteiger partial charge in [0.2, 0.25) is 0 Å². The molecule has 4 heteroatoms. The highest BCUT2D eigenvalue weighted by Crippen LogP contribution is 2.21. The molecule has 0 saturated heterocycles. The molecule has 3 nitrogen and oxygen atoms in total. The number of nitrogens with one attached hydrogen (secondary N) is 1. The molecule has 2 unspecified atom stereocenters. The number of hydrogen-bond acceptors (Lipinski definition) is 3. The minimum Gasteiger partial charge on any atom is -0.382 e. The van der Waals surface area contributed by atoms with Gasteiger partial charge in [-0.3, -0.25) is 0 Å². The third kappa shape index (κ3) is 6.52. The van der Waals surface area contributed by atoms with Gasteiger partial charge >= 0.3 is 0 Å². The monoisotopic (exact) mass is 329 g/mol. The summed E-state index contributed by atoms with van der Waals surface area (Å²) >= 11 is 3.46. The molecule has 0 aliphatic heterocycles. The van der Waals surface area contributed by atoms with Crippen molar-refractivity contribution in [3.63, 3.8) is 0 Å². The first-order valence-corrected chi connectivity index (χ1v) is 7.57. The molecule has 1 aromatic rings. The maximum Gasteiger partial charge on any atom is 0.0954 e. The van der Waals surface area contributed by atoms with Gasteiger partial charge in [0.05, 0.1) is 18.8 Å². The number of methoxy groups -OCH3 is 1. The van der Waals surface area contributed by atoms with E-state index < -0.39 is 0 Å². The molecule has 1 rings (SSSR count). The van der Waals surface area contributed by atoms with Crippen molar-refractivity contribution in [2.75, 3.05) is 26.8 Å². The number of halogens is 1. The van der Waals surface area contributed by atoms with Gasteiger partial charge in [0, 0.05) is 18.1 Å². The average Bonchev–Trinajstić information content (AvgIpc) is 2.39. The molecular weight excluding hydrogens is 306 g/mol. The van der Waals surface area contributed by atoms with Crippen molar-refractivity contribution in [1.82, 2.24) is 5.32 Å². The van der Waals surface area contributed by atoms with Gasteiger partial charge in [-0.05, 0) is 37.6 Å². The average molecular weight is 330 g/mol. The number of rotatable bonds is 9. The fraction of sp³-hybridized carbons (Fsp3) is 0.600. The lowest BCUT2D eigenvalue weighted by atomic mass is 10.1. The van der Waals surface area contributed by atoms with Gasteiger partial charge in [0.1, 0.15) is 0 Å². The zero-order valence-electron chi connectivity index (χ0n) is 12.0. The maximum atomic E-state index is 6.06. The van der Waals surface area contributed by atoms with E-state index in [0.717, 1.165) is 24.0 Å². The highest BCUT2D eigenvalue weighted by molar-refractivity contribution is 9.10. The van der Waals surface area contributed by atoms with Crippen LogP contribution >= 0.6 is 15.9 Å². The van der Waals surface area contributed by atoms with Crippen molar-refractivity contribution in [3.05, 3.63) is 34.3 Å². The molecule has 0 aliphatic carbocycles. The van der Waals surface area contributed by atoms with Crippen LogP contribution in [0.2, 0.25) is 0 Å². The zero-order chi connectivity index (χ0) is 14.1. The summed E-state index contributed by atoms with van der Waals surface area (Å²) in [6.07, 6.45) is 1.27. The zero-order valence-corrected chi connectivity index (χ0v) is 13.6. The third-order valence-corrected chi connectivity index (χ3v) is 3.32. The van der Waals surface area contributed by atoms with Gasteiger partial charge in [0.15, 0.2) is 0 Å². The first-order chi connectivity index (χ1) is 9.17. The van der Waals surface area contributed by atoms with Crippen molar-refractivity contribution in [2.45, 2.75) is 32.5 Å². The van der Waals surface area contributed by atoms with Crippen LogP contribution in [0.3, 0.4) is 0 Å². The molecular formula is C15H24BrNO2. The number of hydrogen-bond donors (Lipinski definition) is 1. The second-order valence-corrected chi connectivity index (χ2v) is 5.56. The van der Waals surface area contributed by atoms with Crippen LogP contribution in [0, 0.1) is 0 Å². The summed E-state index contributed by atoms with van der Waals surface area (Å²) in [7, 11) is 1.70. The molecule has 0 aliphatic rings. The van der Waals surface area contributed by atoms with Gasteiger partial charge in [0.25, 0.3) is 0 Å². The number of benzene rings is 1. The summed E-state index contributed by atoms with van der Waals surface area (Å²) in [5.74, 6) is 0. The van der Waals surface area contributed by atoms with E-state index in [1.54, 1.807) is 7.11 Å². The Kier molecular flexibility index (Phi) is 8.30. The largest absolute Gasteiger partial charge is 0.382 e. The van der Waals surface area contributed by atoms with Crippen LogP contribution in [0.25, 0.3) is 0 Å². The van der Waals surface area contributed by atoms with Crippen LogP contribution < -0.4 is 5.32 Å². The molecule has 0 aromatic heterocycles. The van der Waals surface area contributed by atoms with E-state index in [-0.39, 0.29) is 12.2 Å². The van der Waals surface area contributed by atoms with E-state index in [2.05, 4.69) is 40.3 Å². The van der Waals surface area contributed by atoms with Crippen molar-refractivity contribution < 1.29 is 9.47 Å². The van der Waals surface area contributed by atoms with E-state index in [1.165, 1.54) is 5.56 Å². The lowest BCUT2D eigenvalue weighted by molar-refractivity contribution is -0.0393. The molecule has 1 N–H and O–H groups in total. The van der Waals surface area contributed by atoms with Crippen LogP contribution in [0.1, 0.15) is 31.9 Å². The topological polar surface area (TPSA) is 30.5 Å². The molecule has 0 heterocycles. The predicted octanol–water partition coefficient (Wildman–Crippen LogP) is 3.54. The SMILES string of the molecule is CCCNCC(OC(C)COC)c1ccc(Br)cc1. The molecule has 1 aromatic carbocycles. The Morgan fingerprint density at radius 1 is 1.26 bits per heavy atom. The minimum absolute atomic E-state index is 0.0600. The van der Waals surface area contributed by atoms with Crippen LogP contribution in [-0.2, 0) is 9.47 Å². The van der Waals surface area contributed by atoms with Gasteiger partial charge in [-0.2, -0.15) is 0 Å². The van der Waals surface area contributed by atoms with E-state index >= 15 is 0 Å². The molecule has 19 heavy (non-hydrogen) atoms. The lowest BCUT2D eigenvalue weighted by Crippen LogP contribution is -2.28. The highest BCUT2D eigenvalue weighted by atomic mass is 79.9. The van der Waals surface area contributed by atoms with Gasteiger partial charge in [-0.25, -0.2) is 0 Å². The Morgan fingerprint density at radius 3 is 2.53 bits per heavy atom. The van der Waals surface area contributed by atoms with E-state index in [9.17, 15) is 0 Å². The highest BCUT2D eigenvalue weighted by Gasteiger charge is 2.15. The first kappa shape index (κ1) is 16.6. The summed E-state index contributed by atoms with van der Waals surface area (Å²) in [5, 5.41) is 3.42. The van der Waals surface area contributed by atoms with E-state index in [1.807, 2.05) is 19.1 Å². The Hall–Kier alpha value is -0.420. The Bertz CT molecular complexity index is 343. The minimum atomic E-state index is 0.0600. The van der Waals surface area contributed by atoms with Crippen molar-refractivity contribution in [2.24, 2.45) is 0 Å². The van der Waals surface area contributed by atoms with Crippen molar-refractivity contribution in [3.8, 4) is 0 Å². The van der Waals surface area contributed by atoms with Crippen molar-refractivity contribution in [1.29, 1.82) is 0 Å². The van der Waals surface area contributed by atoms with E-state index in [4.69, 9.17) is 9.47 Å². The lowest BCUT2D eigenvalue weighted by Gasteiger charge is -2.23. The molecule has 0 radical (unpaired) electrons. The second-order valence-electron chi connectivity index (χ2n) is 4.65. The smallest absolute Gasteiger partial charge is 0.0954 e. The summed E-state index contributed by atoms with van der Waals surface area (Å²) in [6.45, 7) is 6.64. The number of ether oxygens (including phenoxy) is 2. The fourth-order valence-corrected chi connectivity index (χ4v) is 2.15. The summed E-state index contributed by atoms with van der Waals surface area (Å²) < 4.78 is 12.3. The summed E-state index contributed by atoms with van der Waals surface area (Å²) in [4.78, 5) is 0. The summed E-state index contributed by atoms with van der Waals surface area (Å²) in [5.41, 5.74) is 1.19. The van der Waals surface area contributed by atoms with Gasteiger partial charge < -0.3 is 14.8 Å². The van der Waals surface area contributed by atoms with Crippen LogP contribution in [-0.4, -0.2) is 32.9 Å². The quantitative estimate of drug-likeness (QED) is 0.703. The normalized spacial score (nSPS) is 14.3.